The molecule has 0 saturated heterocycles. The lowest BCUT2D eigenvalue weighted by molar-refractivity contribution is 0.274. The van der Waals surface area contributed by atoms with E-state index in [1.165, 1.54) is 0 Å². The van der Waals surface area contributed by atoms with Crippen molar-refractivity contribution >= 4 is 17.3 Å². The van der Waals surface area contributed by atoms with E-state index in [0.29, 0.717) is 10.9 Å². The van der Waals surface area contributed by atoms with Gasteiger partial charge in [0.25, 0.3) is 0 Å². The number of hydrogen-bond donors (Lipinski definition) is 1. The second kappa shape index (κ2) is 2.27. The van der Waals surface area contributed by atoms with Crippen LogP contribution < -0.4 is 10.1 Å². The van der Waals surface area contributed by atoms with E-state index < -0.39 is 0 Å². The molecule has 58 valence electrons. The molecule has 1 aromatic rings. The van der Waals surface area contributed by atoms with Gasteiger partial charge in [-0.2, -0.15) is 0 Å². The van der Waals surface area contributed by atoms with E-state index >= 15 is 0 Å². The first-order valence-corrected chi connectivity index (χ1v) is 3.73. The van der Waals surface area contributed by atoms with Crippen LogP contribution in [0.15, 0.2) is 12.3 Å². The summed E-state index contributed by atoms with van der Waals surface area (Å²) in [7, 11) is 0. The molecule has 0 saturated carbocycles. The van der Waals surface area contributed by atoms with Crippen molar-refractivity contribution in [3.63, 3.8) is 0 Å². The summed E-state index contributed by atoms with van der Waals surface area (Å²) in [6, 6.07) is 1.84. The van der Waals surface area contributed by atoms with E-state index in [9.17, 15) is 0 Å². The Morgan fingerprint density at radius 2 is 2.55 bits per heavy atom. The Balaban J connectivity index is 2.49. The summed E-state index contributed by atoms with van der Waals surface area (Å²) in [5.74, 6) is 0.654. The third kappa shape index (κ3) is 1.01. The highest BCUT2D eigenvalue weighted by Crippen LogP contribution is 2.36. The van der Waals surface area contributed by atoms with Gasteiger partial charge in [-0.05, 0) is 13.0 Å². The van der Waals surface area contributed by atoms with Crippen LogP contribution >= 0.6 is 11.6 Å². The van der Waals surface area contributed by atoms with E-state index in [1.807, 2.05) is 13.0 Å². The smallest absolute Gasteiger partial charge is 0.182 e. The maximum atomic E-state index is 5.76. The summed E-state index contributed by atoms with van der Waals surface area (Å²) in [4.78, 5) is 3.89. The Labute approximate surface area is 69.3 Å². The number of halogens is 1. The molecule has 3 nitrogen and oxygen atoms in total. The van der Waals surface area contributed by atoms with Gasteiger partial charge >= 0.3 is 0 Å². The Morgan fingerprint density at radius 1 is 1.73 bits per heavy atom. The SMILES string of the molecule is CC1Nc2ccnc(Cl)c2O1. The van der Waals surface area contributed by atoms with Crippen molar-refractivity contribution in [2.24, 2.45) is 0 Å². The summed E-state index contributed by atoms with van der Waals surface area (Å²) in [6.45, 7) is 1.91. The summed E-state index contributed by atoms with van der Waals surface area (Å²) in [6.07, 6.45) is 1.64. The second-order valence-corrected chi connectivity index (χ2v) is 2.74. The first-order chi connectivity index (χ1) is 5.27. The predicted molar refractivity (Wildman–Crippen MR) is 43.0 cm³/mol. The molecule has 0 aromatic carbocycles. The summed E-state index contributed by atoms with van der Waals surface area (Å²) < 4.78 is 5.33. The molecule has 2 heterocycles. The molecule has 1 atom stereocenters. The molecule has 0 radical (unpaired) electrons. The largest absolute Gasteiger partial charge is 0.466 e. The minimum atomic E-state index is -0.00769. The van der Waals surface area contributed by atoms with Crippen LogP contribution in [0.3, 0.4) is 0 Å². The number of anilines is 1. The first-order valence-electron chi connectivity index (χ1n) is 3.35. The van der Waals surface area contributed by atoms with Gasteiger partial charge in [0.1, 0.15) is 0 Å². The zero-order valence-electron chi connectivity index (χ0n) is 5.97. The fourth-order valence-electron chi connectivity index (χ4n) is 1.07. The van der Waals surface area contributed by atoms with Crippen LogP contribution in [-0.2, 0) is 0 Å². The molecular weight excluding hydrogens is 164 g/mol. The van der Waals surface area contributed by atoms with Crippen molar-refractivity contribution in [1.82, 2.24) is 4.98 Å². The van der Waals surface area contributed by atoms with Gasteiger partial charge in [-0.1, -0.05) is 11.6 Å². The highest BCUT2D eigenvalue weighted by molar-refractivity contribution is 6.31. The molecule has 1 unspecified atom stereocenters. The van der Waals surface area contributed by atoms with Gasteiger partial charge in [0.15, 0.2) is 17.1 Å². The van der Waals surface area contributed by atoms with Gasteiger partial charge in [-0.15, -0.1) is 0 Å². The summed E-state index contributed by atoms with van der Waals surface area (Å²) in [5, 5.41) is 3.51. The lowest BCUT2D eigenvalue weighted by Gasteiger charge is -2.01. The van der Waals surface area contributed by atoms with E-state index in [0.717, 1.165) is 5.69 Å². The molecule has 1 aliphatic rings. The fourth-order valence-corrected chi connectivity index (χ4v) is 1.28. The lowest BCUT2D eigenvalue weighted by atomic mass is 10.4. The number of pyridine rings is 1. The lowest BCUT2D eigenvalue weighted by Crippen LogP contribution is -2.13. The highest BCUT2D eigenvalue weighted by Gasteiger charge is 2.20. The molecule has 2 rings (SSSR count). The average Bonchev–Trinajstić information content (AvgIpc) is 2.31. The van der Waals surface area contributed by atoms with Crippen LogP contribution in [0.1, 0.15) is 6.92 Å². The molecule has 1 aliphatic heterocycles. The van der Waals surface area contributed by atoms with Crippen LogP contribution in [0.4, 0.5) is 5.69 Å². The zero-order chi connectivity index (χ0) is 7.84. The molecule has 1 aromatic heterocycles. The van der Waals surface area contributed by atoms with Crippen LogP contribution in [0.25, 0.3) is 0 Å². The average molecular weight is 171 g/mol. The predicted octanol–water partition coefficient (Wildman–Crippen LogP) is 1.89. The first kappa shape index (κ1) is 6.73. The Hall–Kier alpha value is -0.960. The molecule has 0 amide bonds. The molecular formula is C7H7ClN2O. The number of rotatable bonds is 0. The third-order valence-corrected chi connectivity index (χ3v) is 1.78. The van der Waals surface area contributed by atoms with Crippen LogP contribution in [0.5, 0.6) is 5.75 Å². The van der Waals surface area contributed by atoms with Gasteiger partial charge in [0, 0.05) is 6.20 Å². The number of nitrogens with one attached hydrogen (secondary N) is 1. The van der Waals surface area contributed by atoms with Crippen LogP contribution in [0.2, 0.25) is 5.15 Å². The van der Waals surface area contributed by atoms with Crippen molar-refractivity contribution in [2.45, 2.75) is 13.2 Å². The number of hydrogen-bond acceptors (Lipinski definition) is 3. The number of ether oxygens (including phenoxy) is 1. The molecule has 1 N–H and O–H groups in total. The monoisotopic (exact) mass is 170 g/mol. The van der Waals surface area contributed by atoms with Gasteiger partial charge < -0.3 is 10.1 Å². The van der Waals surface area contributed by atoms with E-state index in [-0.39, 0.29) is 6.23 Å². The third-order valence-electron chi connectivity index (χ3n) is 1.51. The Kier molecular flexibility index (Phi) is 1.39. The van der Waals surface area contributed by atoms with E-state index in [1.54, 1.807) is 6.20 Å². The quantitative estimate of drug-likeness (QED) is 0.604. The normalized spacial score (nSPS) is 20.4. The number of nitrogens with zero attached hydrogens (tertiary/aromatic N) is 1. The fraction of sp³-hybridized carbons (Fsp3) is 0.286. The molecule has 11 heavy (non-hydrogen) atoms. The van der Waals surface area contributed by atoms with Crippen LogP contribution in [0, 0.1) is 0 Å². The van der Waals surface area contributed by atoms with Crippen molar-refractivity contribution in [2.75, 3.05) is 5.32 Å². The molecule has 0 spiro atoms. The van der Waals surface area contributed by atoms with Gasteiger partial charge in [0.05, 0.1) is 5.69 Å². The molecule has 0 bridgehead atoms. The summed E-state index contributed by atoms with van der Waals surface area (Å²) in [5.41, 5.74) is 0.914. The van der Waals surface area contributed by atoms with Crippen molar-refractivity contribution in [3.05, 3.63) is 17.4 Å². The van der Waals surface area contributed by atoms with E-state index in [4.69, 9.17) is 16.3 Å². The highest BCUT2D eigenvalue weighted by atomic mass is 35.5. The van der Waals surface area contributed by atoms with Gasteiger partial charge in [-0.3, -0.25) is 0 Å². The van der Waals surface area contributed by atoms with Crippen molar-refractivity contribution in [1.29, 1.82) is 0 Å². The second-order valence-electron chi connectivity index (χ2n) is 2.38. The topological polar surface area (TPSA) is 34.2 Å². The minimum Gasteiger partial charge on any atom is -0.466 e. The number of fused-ring (bicyclic) bond motifs is 1. The maximum absolute atomic E-state index is 5.76. The molecule has 4 heteroatoms. The van der Waals surface area contributed by atoms with Gasteiger partial charge in [0.2, 0.25) is 0 Å². The van der Waals surface area contributed by atoms with Crippen molar-refractivity contribution in [3.8, 4) is 5.75 Å². The minimum absolute atomic E-state index is 0.00769. The zero-order valence-corrected chi connectivity index (χ0v) is 6.72. The standard InChI is InChI=1S/C7H7ClN2O/c1-4-10-5-2-3-9-7(8)6(5)11-4/h2-4,10H,1H3. The van der Waals surface area contributed by atoms with Crippen LogP contribution in [-0.4, -0.2) is 11.2 Å². The molecule has 0 fully saturated rings. The number of aromatic nitrogens is 1. The molecule has 0 aliphatic carbocycles. The van der Waals surface area contributed by atoms with Crippen molar-refractivity contribution < 1.29 is 4.74 Å². The Morgan fingerprint density at radius 3 is 3.27 bits per heavy atom. The van der Waals surface area contributed by atoms with Gasteiger partial charge in [-0.25, -0.2) is 4.98 Å². The van der Waals surface area contributed by atoms with E-state index in [2.05, 4.69) is 10.3 Å². The summed E-state index contributed by atoms with van der Waals surface area (Å²) >= 11 is 5.76. The Bertz CT molecular complexity index is 290. The maximum Gasteiger partial charge on any atom is 0.182 e.